The molecule has 2 aliphatic rings. The van der Waals surface area contributed by atoms with Gasteiger partial charge in [0.2, 0.25) is 5.91 Å². The number of nitrogens with one attached hydrogen (secondary N) is 1. The number of hydrogen-bond acceptors (Lipinski definition) is 7. The van der Waals surface area contributed by atoms with E-state index in [1.165, 1.54) is 25.6 Å². The number of hydrogen-bond donors (Lipinski definition) is 1. The average molecular weight is 460 g/mol. The summed E-state index contributed by atoms with van der Waals surface area (Å²) in [6.45, 7) is 1.03. The number of methoxy groups -OCH3 is 1. The summed E-state index contributed by atoms with van der Waals surface area (Å²) in [6, 6.07) is 7.84. The first-order valence-electron chi connectivity index (χ1n) is 10.9. The number of aryl methyl sites for hydroxylation is 1. The van der Waals surface area contributed by atoms with E-state index in [1.807, 2.05) is 6.20 Å². The van der Waals surface area contributed by atoms with Gasteiger partial charge in [0.1, 0.15) is 29.0 Å². The summed E-state index contributed by atoms with van der Waals surface area (Å²) in [5.41, 5.74) is 3.20. The number of rotatable bonds is 5. The Kier molecular flexibility index (Phi) is 4.59. The molecule has 6 rings (SSSR count). The van der Waals surface area contributed by atoms with Crippen LogP contribution in [0.5, 0.6) is 5.75 Å². The van der Waals surface area contributed by atoms with E-state index in [0.29, 0.717) is 52.8 Å². The van der Waals surface area contributed by atoms with Crippen LogP contribution >= 0.6 is 0 Å². The highest BCUT2D eigenvalue weighted by atomic mass is 19.1. The molecule has 2 unspecified atom stereocenters. The summed E-state index contributed by atoms with van der Waals surface area (Å²) >= 11 is 0. The molecule has 4 aromatic rings. The molecule has 0 spiro atoms. The lowest BCUT2D eigenvalue weighted by atomic mass is 10.0. The van der Waals surface area contributed by atoms with Gasteiger partial charge in [-0.2, -0.15) is 5.10 Å². The number of fused-ring (bicyclic) bond motifs is 2. The molecular weight excluding hydrogens is 439 g/mol. The van der Waals surface area contributed by atoms with Gasteiger partial charge in [-0.25, -0.2) is 19.3 Å². The number of carbonyl (C=O) groups is 1. The number of pyridine rings is 1. The summed E-state index contributed by atoms with van der Waals surface area (Å²) < 4.78 is 26.1. The first-order chi connectivity index (χ1) is 16.5. The van der Waals surface area contributed by atoms with Crippen molar-refractivity contribution in [1.29, 1.82) is 0 Å². The van der Waals surface area contributed by atoms with Crippen LogP contribution in [0.1, 0.15) is 6.42 Å². The molecule has 1 saturated heterocycles. The van der Waals surface area contributed by atoms with Gasteiger partial charge in [0, 0.05) is 36.4 Å². The Hall–Kier alpha value is -3.92. The van der Waals surface area contributed by atoms with E-state index in [1.54, 1.807) is 29.9 Å². The average Bonchev–Trinajstić information content (AvgIpc) is 3.18. The third-order valence-corrected chi connectivity index (χ3v) is 6.59. The molecule has 1 aromatic carbocycles. The zero-order chi connectivity index (χ0) is 23.4. The quantitative estimate of drug-likeness (QED) is 0.488. The van der Waals surface area contributed by atoms with E-state index in [4.69, 9.17) is 14.5 Å². The number of amides is 1. The molecule has 9 nitrogen and oxygen atoms in total. The van der Waals surface area contributed by atoms with Crippen molar-refractivity contribution in [3.8, 4) is 28.3 Å². The first-order valence-corrected chi connectivity index (χ1v) is 10.9. The van der Waals surface area contributed by atoms with Crippen molar-refractivity contribution in [1.82, 2.24) is 24.7 Å². The SMILES string of the molecule is COc1cc2ncnc(-c3cn(C)nc3-c3ccc(F)cc3)c2nc1NC(=O)C12COCC1C2. The van der Waals surface area contributed by atoms with Crippen LogP contribution < -0.4 is 10.1 Å². The monoisotopic (exact) mass is 460 g/mol. The minimum atomic E-state index is -0.475. The number of carbonyl (C=O) groups excluding carboxylic acids is 1. The Morgan fingerprint density at radius 3 is 2.79 bits per heavy atom. The second-order valence-corrected chi connectivity index (χ2v) is 8.73. The lowest BCUT2D eigenvalue weighted by molar-refractivity contribution is -0.121. The van der Waals surface area contributed by atoms with Gasteiger partial charge in [-0.1, -0.05) is 0 Å². The second kappa shape index (κ2) is 7.56. The summed E-state index contributed by atoms with van der Waals surface area (Å²) in [7, 11) is 3.32. The van der Waals surface area contributed by atoms with Crippen molar-refractivity contribution in [2.75, 3.05) is 25.6 Å². The van der Waals surface area contributed by atoms with Crippen molar-refractivity contribution >= 4 is 22.8 Å². The standard InChI is InChI=1S/C24H21FN6O3/c1-31-9-16(19(30-31)13-3-5-15(25)6-4-13)20-21-17(26-12-27-20)7-18(33-2)22(28-21)29-23(32)24-8-14(24)10-34-11-24/h3-7,9,12,14H,8,10-11H2,1-2H3,(H,28,29,32). The molecule has 2 fully saturated rings. The Morgan fingerprint density at radius 1 is 1.26 bits per heavy atom. The van der Waals surface area contributed by atoms with Gasteiger partial charge in [-0.15, -0.1) is 0 Å². The molecule has 34 heavy (non-hydrogen) atoms. The highest BCUT2D eigenvalue weighted by Crippen LogP contribution is 2.57. The van der Waals surface area contributed by atoms with Crippen molar-refractivity contribution in [3.05, 3.63) is 48.7 Å². The van der Waals surface area contributed by atoms with Crippen molar-refractivity contribution in [2.45, 2.75) is 6.42 Å². The topological polar surface area (TPSA) is 104 Å². The van der Waals surface area contributed by atoms with Crippen LogP contribution in [0.4, 0.5) is 10.2 Å². The van der Waals surface area contributed by atoms with Gasteiger partial charge in [0.25, 0.3) is 0 Å². The fourth-order valence-corrected chi connectivity index (χ4v) is 4.63. The third kappa shape index (κ3) is 3.21. The van der Waals surface area contributed by atoms with Crippen LogP contribution in [-0.4, -0.2) is 51.0 Å². The van der Waals surface area contributed by atoms with E-state index >= 15 is 0 Å². The van der Waals surface area contributed by atoms with Crippen molar-refractivity contribution in [2.24, 2.45) is 18.4 Å². The Morgan fingerprint density at radius 2 is 2.09 bits per heavy atom. The third-order valence-electron chi connectivity index (χ3n) is 6.59. The zero-order valence-electron chi connectivity index (χ0n) is 18.6. The molecule has 1 aliphatic heterocycles. The number of halogens is 1. The molecule has 1 aliphatic carbocycles. The van der Waals surface area contributed by atoms with Crippen LogP contribution in [0.15, 0.2) is 42.9 Å². The first kappa shape index (κ1) is 20.7. The number of ether oxygens (including phenoxy) is 2. The van der Waals surface area contributed by atoms with Crippen molar-refractivity contribution in [3.63, 3.8) is 0 Å². The van der Waals surface area contributed by atoms with Gasteiger partial charge in [-0.3, -0.25) is 9.48 Å². The molecule has 172 valence electrons. The highest BCUT2D eigenvalue weighted by Gasteiger charge is 2.63. The molecule has 1 N–H and O–H groups in total. The maximum Gasteiger partial charge on any atom is 0.234 e. The van der Waals surface area contributed by atoms with Gasteiger partial charge in [0.15, 0.2) is 11.6 Å². The largest absolute Gasteiger partial charge is 0.493 e. The van der Waals surface area contributed by atoms with E-state index in [2.05, 4.69) is 20.4 Å². The molecule has 10 heteroatoms. The van der Waals surface area contributed by atoms with Gasteiger partial charge in [0.05, 0.1) is 31.3 Å². The maximum atomic E-state index is 13.5. The Labute approximate surface area is 194 Å². The highest BCUT2D eigenvalue weighted by molar-refractivity contribution is 6.01. The minimum absolute atomic E-state index is 0.119. The number of benzene rings is 1. The Bertz CT molecular complexity index is 1440. The lowest BCUT2D eigenvalue weighted by Gasteiger charge is -2.15. The molecule has 3 aromatic heterocycles. The van der Waals surface area contributed by atoms with Crippen LogP contribution in [0.25, 0.3) is 33.5 Å². The predicted octanol–water partition coefficient (Wildman–Crippen LogP) is 3.22. The van der Waals surface area contributed by atoms with Gasteiger partial charge in [-0.05, 0) is 30.7 Å². The molecule has 1 amide bonds. The maximum absolute atomic E-state index is 13.5. The van der Waals surface area contributed by atoms with Crippen LogP contribution in [0.3, 0.4) is 0 Å². The summed E-state index contributed by atoms with van der Waals surface area (Å²) in [5, 5.41) is 7.50. The number of aromatic nitrogens is 5. The van der Waals surface area contributed by atoms with Crippen LogP contribution in [0, 0.1) is 17.2 Å². The van der Waals surface area contributed by atoms with Gasteiger partial charge >= 0.3 is 0 Å². The minimum Gasteiger partial charge on any atom is -0.493 e. The van der Waals surface area contributed by atoms with Crippen LogP contribution in [-0.2, 0) is 16.6 Å². The van der Waals surface area contributed by atoms with Crippen LogP contribution in [0.2, 0.25) is 0 Å². The number of anilines is 1. The molecule has 0 radical (unpaired) electrons. The summed E-state index contributed by atoms with van der Waals surface area (Å²) in [4.78, 5) is 26.6. The molecular formula is C24H21FN6O3. The molecule has 0 bridgehead atoms. The predicted molar refractivity (Wildman–Crippen MR) is 121 cm³/mol. The fourth-order valence-electron chi connectivity index (χ4n) is 4.63. The van der Waals surface area contributed by atoms with E-state index in [0.717, 1.165) is 12.0 Å². The van der Waals surface area contributed by atoms with E-state index in [9.17, 15) is 9.18 Å². The fraction of sp³-hybridized carbons (Fsp3) is 0.292. The molecule has 4 heterocycles. The van der Waals surface area contributed by atoms with E-state index < -0.39 is 5.41 Å². The molecule has 1 saturated carbocycles. The van der Waals surface area contributed by atoms with Gasteiger partial charge < -0.3 is 14.8 Å². The lowest BCUT2D eigenvalue weighted by Crippen LogP contribution is -2.27. The summed E-state index contributed by atoms with van der Waals surface area (Å²) in [5.74, 6) is 0.518. The molecule has 2 atom stereocenters. The van der Waals surface area contributed by atoms with E-state index in [-0.39, 0.29) is 17.6 Å². The second-order valence-electron chi connectivity index (χ2n) is 8.73. The summed E-state index contributed by atoms with van der Waals surface area (Å²) in [6.07, 6.45) is 4.09. The number of nitrogens with zero attached hydrogens (tertiary/aromatic N) is 5. The van der Waals surface area contributed by atoms with Crippen molar-refractivity contribution < 1.29 is 18.7 Å². The smallest absolute Gasteiger partial charge is 0.234 e. The Balaban J connectivity index is 1.46. The zero-order valence-corrected chi connectivity index (χ0v) is 18.6. The normalized spacial score (nSPS) is 20.9.